The molecular formula is C16H16FNO. The highest BCUT2D eigenvalue weighted by Crippen LogP contribution is 2.07. The Balaban J connectivity index is 1.95. The van der Waals surface area contributed by atoms with Crippen molar-refractivity contribution >= 4 is 5.91 Å². The Bertz CT molecular complexity index is 554. The molecule has 0 atom stereocenters. The first-order valence-electron chi connectivity index (χ1n) is 6.22. The van der Waals surface area contributed by atoms with Crippen LogP contribution in [0.3, 0.4) is 0 Å². The van der Waals surface area contributed by atoms with E-state index in [1.54, 1.807) is 30.1 Å². The number of hydrogen-bond acceptors (Lipinski definition) is 1. The molecular weight excluding hydrogens is 241 g/mol. The molecule has 1 amide bonds. The molecule has 0 aromatic heterocycles. The predicted octanol–water partition coefficient (Wildman–Crippen LogP) is 3.14. The summed E-state index contributed by atoms with van der Waals surface area (Å²) in [6.07, 6.45) is 0.646. The van der Waals surface area contributed by atoms with Crippen molar-refractivity contribution in [2.24, 2.45) is 0 Å². The van der Waals surface area contributed by atoms with Gasteiger partial charge in [0.1, 0.15) is 5.82 Å². The number of carbonyl (C=O) groups is 1. The maximum atomic E-state index is 13.0. The van der Waals surface area contributed by atoms with Gasteiger partial charge in [-0.3, -0.25) is 4.79 Å². The normalized spacial score (nSPS) is 10.2. The Morgan fingerprint density at radius 3 is 2.53 bits per heavy atom. The fraction of sp³-hybridized carbons (Fsp3) is 0.188. The van der Waals surface area contributed by atoms with E-state index in [4.69, 9.17) is 0 Å². The van der Waals surface area contributed by atoms with Crippen molar-refractivity contribution in [2.75, 3.05) is 13.6 Å². The van der Waals surface area contributed by atoms with Crippen LogP contribution < -0.4 is 0 Å². The molecule has 98 valence electrons. The lowest BCUT2D eigenvalue weighted by Gasteiger charge is -2.17. The largest absolute Gasteiger partial charge is 0.341 e. The van der Waals surface area contributed by atoms with Crippen molar-refractivity contribution < 1.29 is 9.18 Å². The first-order valence-corrected chi connectivity index (χ1v) is 6.22. The van der Waals surface area contributed by atoms with Crippen molar-refractivity contribution in [1.29, 1.82) is 0 Å². The fourth-order valence-electron chi connectivity index (χ4n) is 1.89. The quantitative estimate of drug-likeness (QED) is 0.824. The molecule has 2 aromatic rings. The van der Waals surface area contributed by atoms with Gasteiger partial charge >= 0.3 is 0 Å². The summed E-state index contributed by atoms with van der Waals surface area (Å²) in [5.74, 6) is -0.258. The van der Waals surface area contributed by atoms with Crippen LogP contribution in [0.15, 0.2) is 54.6 Å². The number of nitrogens with zero attached hydrogens (tertiary/aromatic N) is 1. The average molecular weight is 257 g/mol. The van der Waals surface area contributed by atoms with E-state index in [1.165, 1.54) is 12.1 Å². The van der Waals surface area contributed by atoms with E-state index >= 15 is 0 Å². The molecule has 0 saturated heterocycles. The van der Waals surface area contributed by atoms with Crippen LogP contribution in [0.1, 0.15) is 15.9 Å². The SMILES string of the molecule is CN(CCc1cccc(F)c1)C(=O)c1ccccc1. The highest BCUT2D eigenvalue weighted by molar-refractivity contribution is 5.93. The lowest BCUT2D eigenvalue weighted by atomic mass is 10.1. The molecule has 0 bridgehead atoms. The predicted molar refractivity (Wildman–Crippen MR) is 73.5 cm³/mol. The van der Waals surface area contributed by atoms with Crippen LogP contribution in [-0.4, -0.2) is 24.4 Å². The van der Waals surface area contributed by atoms with E-state index < -0.39 is 0 Å². The van der Waals surface area contributed by atoms with Gasteiger partial charge in [0.15, 0.2) is 0 Å². The Kier molecular flexibility index (Phi) is 4.29. The molecule has 0 aliphatic heterocycles. The summed E-state index contributed by atoms with van der Waals surface area (Å²) in [5, 5.41) is 0. The van der Waals surface area contributed by atoms with E-state index in [2.05, 4.69) is 0 Å². The van der Waals surface area contributed by atoms with Crippen LogP contribution in [0.25, 0.3) is 0 Å². The molecule has 0 heterocycles. The number of hydrogen-bond donors (Lipinski definition) is 0. The molecule has 0 unspecified atom stereocenters. The van der Waals surface area contributed by atoms with Gasteiger partial charge in [0.2, 0.25) is 0 Å². The number of carbonyl (C=O) groups excluding carboxylic acids is 1. The van der Waals surface area contributed by atoms with Crippen molar-refractivity contribution in [1.82, 2.24) is 4.90 Å². The van der Waals surface area contributed by atoms with Crippen molar-refractivity contribution in [3.05, 3.63) is 71.5 Å². The van der Waals surface area contributed by atoms with Crippen LogP contribution >= 0.6 is 0 Å². The molecule has 19 heavy (non-hydrogen) atoms. The first kappa shape index (κ1) is 13.3. The number of rotatable bonds is 4. The van der Waals surface area contributed by atoms with E-state index in [0.717, 1.165) is 5.56 Å². The third-order valence-electron chi connectivity index (χ3n) is 2.99. The van der Waals surface area contributed by atoms with E-state index in [-0.39, 0.29) is 11.7 Å². The Labute approximate surface area is 112 Å². The van der Waals surface area contributed by atoms with Crippen LogP contribution in [0.4, 0.5) is 4.39 Å². The minimum absolute atomic E-state index is 0.0167. The standard InChI is InChI=1S/C16H16FNO/c1-18(16(19)14-7-3-2-4-8-14)11-10-13-6-5-9-15(17)12-13/h2-9,12H,10-11H2,1H3. The van der Waals surface area contributed by atoms with E-state index in [0.29, 0.717) is 18.5 Å². The van der Waals surface area contributed by atoms with Crippen molar-refractivity contribution in [2.45, 2.75) is 6.42 Å². The minimum atomic E-state index is -0.241. The van der Waals surface area contributed by atoms with Crippen LogP contribution in [0.5, 0.6) is 0 Å². The summed E-state index contributed by atoms with van der Waals surface area (Å²) in [7, 11) is 1.76. The Morgan fingerprint density at radius 1 is 1.11 bits per heavy atom. The molecule has 0 aliphatic carbocycles. The molecule has 2 rings (SSSR count). The highest BCUT2D eigenvalue weighted by Gasteiger charge is 2.10. The minimum Gasteiger partial charge on any atom is -0.341 e. The molecule has 0 fully saturated rings. The average Bonchev–Trinajstić information content (AvgIpc) is 2.45. The second-order valence-electron chi connectivity index (χ2n) is 4.47. The summed E-state index contributed by atoms with van der Waals surface area (Å²) in [5.41, 5.74) is 1.57. The second-order valence-corrected chi connectivity index (χ2v) is 4.47. The molecule has 0 aliphatic rings. The van der Waals surface area contributed by atoms with E-state index in [9.17, 15) is 9.18 Å². The molecule has 2 nitrogen and oxygen atoms in total. The van der Waals surface area contributed by atoms with Gasteiger partial charge in [-0.05, 0) is 36.2 Å². The maximum Gasteiger partial charge on any atom is 0.253 e. The third kappa shape index (κ3) is 3.65. The monoisotopic (exact) mass is 257 g/mol. The van der Waals surface area contributed by atoms with Gasteiger partial charge in [0.25, 0.3) is 5.91 Å². The van der Waals surface area contributed by atoms with Gasteiger partial charge in [-0.15, -0.1) is 0 Å². The number of amides is 1. The van der Waals surface area contributed by atoms with Crippen molar-refractivity contribution in [3.8, 4) is 0 Å². The highest BCUT2D eigenvalue weighted by atomic mass is 19.1. The van der Waals surface area contributed by atoms with Gasteiger partial charge < -0.3 is 4.90 Å². The lowest BCUT2D eigenvalue weighted by molar-refractivity contribution is 0.0796. The number of halogens is 1. The summed E-state index contributed by atoms with van der Waals surface area (Å²) in [6, 6.07) is 15.6. The lowest BCUT2D eigenvalue weighted by Crippen LogP contribution is -2.28. The fourth-order valence-corrected chi connectivity index (χ4v) is 1.89. The van der Waals surface area contributed by atoms with Crippen LogP contribution in [0, 0.1) is 5.82 Å². The van der Waals surface area contributed by atoms with Crippen LogP contribution in [-0.2, 0) is 6.42 Å². The summed E-state index contributed by atoms with van der Waals surface area (Å²) in [6.45, 7) is 0.567. The first-order chi connectivity index (χ1) is 9.16. The van der Waals surface area contributed by atoms with Gasteiger partial charge in [-0.25, -0.2) is 4.39 Å². The number of benzene rings is 2. The Hall–Kier alpha value is -2.16. The van der Waals surface area contributed by atoms with Crippen molar-refractivity contribution in [3.63, 3.8) is 0 Å². The third-order valence-corrected chi connectivity index (χ3v) is 2.99. The molecule has 0 saturated carbocycles. The zero-order valence-corrected chi connectivity index (χ0v) is 10.8. The van der Waals surface area contributed by atoms with Gasteiger partial charge in [-0.2, -0.15) is 0 Å². The zero-order chi connectivity index (χ0) is 13.7. The zero-order valence-electron chi connectivity index (χ0n) is 10.8. The summed E-state index contributed by atoms with van der Waals surface area (Å²) >= 11 is 0. The number of likely N-dealkylation sites (N-methyl/N-ethyl adjacent to an activating group) is 1. The van der Waals surface area contributed by atoms with Gasteiger partial charge in [0.05, 0.1) is 0 Å². The molecule has 0 N–H and O–H groups in total. The second kappa shape index (κ2) is 6.14. The molecule has 0 radical (unpaired) electrons. The molecule has 3 heteroatoms. The van der Waals surface area contributed by atoms with Gasteiger partial charge in [-0.1, -0.05) is 30.3 Å². The summed E-state index contributed by atoms with van der Waals surface area (Å²) < 4.78 is 13.0. The molecule has 2 aromatic carbocycles. The smallest absolute Gasteiger partial charge is 0.253 e. The summed E-state index contributed by atoms with van der Waals surface area (Å²) in [4.78, 5) is 13.7. The van der Waals surface area contributed by atoms with Crippen LogP contribution in [0.2, 0.25) is 0 Å². The maximum absolute atomic E-state index is 13.0. The molecule has 0 spiro atoms. The Morgan fingerprint density at radius 2 is 1.84 bits per heavy atom. The topological polar surface area (TPSA) is 20.3 Å². The van der Waals surface area contributed by atoms with Gasteiger partial charge in [0, 0.05) is 19.2 Å². The van der Waals surface area contributed by atoms with E-state index in [1.807, 2.05) is 24.3 Å².